The summed E-state index contributed by atoms with van der Waals surface area (Å²) in [5.74, 6) is 0.744. The summed E-state index contributed by atoms with van der Waals surface area (Å²) in [6.07, 6.45) is 0.862. The van der Waals surface area contributed by atoms with E-state index >= 15 is 0 Å². The summed E-state index contributed by atoms with van der Waals surface area (Å²) in [5, 5.41) is 0.191. The van der Waals surface area contributed by atoms with Gasteiger partial charge in [0.2, 0.25) is 5.90 Å². The van der Waals surface area contributed by atoms with Gasteiger partial charge in [-0.1, -0.05) is 51.1 Å². The molecule has 21 heavy (non-hydrogen) atoms. The van der Waals surface area contributed by atoms with Gasteiger partial charge in [0.05, 0.1) is 13.2 Å². The highest BCUT2D eigenvalue weighted by Crippen LogP contribution is 2.40. The SMILES string of the molecule is COC1=NC(c2ccccc2)CC1O[Si](C)(C)C(C)(C)C. The molecule has 0 saturated heterocycles. The van der Waals surface area contributed by atoms with E-state index in [0.29, 0.717) is 0 Å². The van der Waals surface area contributed by atoms with Crippen molar-refractivity contribution in [2.45, 2.75) is 57.5 Å². The van der Waals surface area contributed by atoms with E-state index in [-0.39, 0.29) is 17.2 Å². The zero-order chi connectivity index (χ0) is 15.7. The molecule has 0 N–H and O–H groups in total. The molecule has 0 aliphatic carbocycles. The van der Waals surface area contributed by atoms with Crippen LogP contribution in [-0.2, 0) is 9.16 Å². The fourth-order valence-electron chi connectivity index (χ4n) is 2.29. The van der Waals surface area contributed by atoms with Crippen LogP contribution in [0, 0.1) is 0 Å². The predicted molar refractivity (Wildman–Crippen MR) is 90.3 cm³/mol. The molecule has 1 heterocycles. The molecule has 0 fully saturated rings. The van der Waals surface area contributed by atoms with Gasteiger partial charge in [-0.3, -0.25) is 0 Å². The Morgan fingerprint density at radius 1 is 1.14 bits per heavy atom. The van der Waals surface area contributed by atoms with Gasteiger partial charge in [-0.05, 0) is 23.7 Å². The lowest BCUT2D eigenvalue weighted by atomic mass is 10.0. The highest BCUT2D eigenvalue weighted by atomic mass is 28.4. The van der Waals surface area contributed by atoms with Gasteiger partial charge in [0.1, 0.15) is 6.10 Å². The third kappa shape index (κ3) is 3.55. The third-order valence-corrected chi connectivity index (χ3v) is 9.12. The Bertz CT molecular complexity index is 505. The van der Waals surface area contributed by atoms with E-state index in [9.17, 15) is 0 Å². The zero-order valence-corrected chi connectivity index (χ0v) is 15.0. The third-order valence-electron chi connectivity index (χ3n) is 4.63. The average molecular weight is 305 g/mol. The molecule has 1 aromatic carbocycles. The van der Waals surface area contributed by atoms with Gasteiger partial charge >= 0.3 is 0 Å². The maximum Gasteiger partial charge on any atom is 0.212 e. The number of methoxy groups -OCH3 is 1. The second kappa shape index (κ2) is 5.93. The molecule has 0 spiro atoms. The Kier molecular flexibility index (Phi) is 4.59. The zero-order valence-electron chi connectivity index (χ0n) is 14.0. The van der Waals surface area contributed by atoms with E-state index in [0.717, 1.165) is 12.3 Å². The van der Waals surface area contributed by atoms with Crippen LogP contribution in [0.5, 0.6) is 0 Å². The van der Waals surface area contributed by atoms with E-state index < -0.39 is 8.32 Å². The summed E-state index contributed by atoms with van der Waals surface area (Å²) in [5.41, 5.74) is 1.23. The van der Waals surface area contributed by atoms with Gasteiger partial charge in [0.25, 0.3) is 0 Å². The molecule has 0 saturated carbocycles. The standard InChI is InChI=1S/C17H27NO2Si/c1-17(2,3)21(5,6)20-15-12-14(18-16(15)19-4)13-10-8-7-9-11-13/h7-11,14-15H,12H2,1-6H3. The summed E-state index contributed by atoms with van der Waals surface area (Å²) < 4.78 is 12.0. The van der Waals surface area contributed by atoms with E-state index in [4.69, 9.17) is 14.2 Å². The number of benzene rings is 1. The maximum absolute atomic E-state index is 6.50. The number of hydrogen-bond acceptors (Lipinski definition) is 3. The normalized spacial score (nSPS) is 23.0. The molecular formula is C17H27NO2Si. The highest BCUT2D eigenvalue weighted by molar-refractivity contribution is 6.74. The summed E-state index contributed by atoms with van der Waals surface area (Å²) in [4.78, 5) is 4.72. The van der Waals surface area contributed by atoms with Crippen molar-refractivity contribution in [3.05, 3.63) is 35.9 Å². The molecule has 0 amide bonds. The summed E-state index contributed by atoms with van der Waals surface area (Å²) in [6.45, 7) is 11.3. The maximum atomic E-state index is 6.50. The van der Waals surface area contributed by atoms with Crippen molar-refractivity contribution in [1.82, 2.24) is 0 Å². The summed E-state index contributed by atoms with van der Waals surface area (Å²) in [7, 11) is -0.131. The molecule has 2 rings (SSSR count). The Morgan fingerprint density at radius 3 is 2.29 bits per heavy atom. The molecule has 4 heteroatoms. The van der Waals surface area contributed by atoms with Crippen LogP contribution < -0.4 is 0 Å². The molecule has 1 aliphatic rings. The minimum absolute atomic E-state index is 0.0129. The van der Waals surface area contributed by atoms with E-state index in [1.165, 1.54) is 5.56 Å². The van der Waals surface area contributed by atoms with Crippen molar-refractivity contribution in [1.29, 1.82) is 0 Å². The molecule has 0 bridgehead atoms. The Hall–Kier alpha value is -1.13. The van der Waals surface area contributed by atoms with Crippen molar-refractivity contribution in [3.8, 4) is 0 Å². The second-order valence-electron chi connectivity index (χ2n) is 7.20. The van der Waals surface area contributed by atoms with Crippen LogP contribution in [0.1, 0.15) is 38.8 Å². The predicted octanol–water partition coefficient (Wildman–Crippen LogP) is 4.57. The van der Waals surface area contributed by atoms with Crippen LogP contribution in [0.25, 0.3) is 0 Å². The first-order chi connectivity index (χ1) is 9.74. The summed E-state index contributed by atoms with van der Waals surface area (Å²) in [6, 6.07) is 10.5. The van der Waals surface area contributed by atoms with Gasteiger partial charge < -0.3 is 9.16 Å². The lowest BCUT2D eigenvalue weighted by Crippen LogP contribution is -2.45. The monoisotopic (exact) mass is 305 g/mol. The van der Waals surface area contributed by atoms with Crippen LogP contribution in [0.3, 0.4) is 0 Å². The van der Waals surface area contributed by atoms with Crippen LogP contribution >= 0.6 is 0 Å². The molecule has 0 radical (unpaired) electrons. The lowest BCUT2D eigenvalue weighted by molar-refractivity contribution is 0.207. The molecule has 116 valence electrons. The molecule has 2 atom stereocenters. The van der Waals surface area contributed by atoms with Crippen LogP contribution in [0.2, 0.25) is 18.1 Å². The number of hydrogen-bond donors (Lipinski definition) is 0. The fraction of sp³-hybridized carbons (Fsp3) is 0.588. The number of aliphatic imine (C=N–C) groups is 1. The van der Waals surface area contributed by atoms with Crippen LogP contribution in [0.15, 0.2) is 35.3 Å². The molecule has 1 aliphatic heterocycles. The first kappa shape index (κ1) is 16.2. The summed E-state index contributed by atoms with van der Waals surface area (Å²) >= 11 is 0. The first-order valence-corrected chi connectivity index (χ1v) is 10.5. The Labute approximate surface area is 129 Å². The van der Waals surface area contributed by atoms with Gasteiger partial charge in [-0.25, -0.2) is 4.99 Å². The Balaban J connectivity index is 2.15. The minimum atomic E-state index is -1.82. The van der Waals surface area contributed by atoms with Crippen molar-refractivity contribution in [2.75, 3.05) is 7.11 Å². The van der Waals surface area contributed by atoms with E-state index in [1.54, 1.807) is 7.11 Å². The fourth-order valence-corrected chi connectivity index (χ4v) is 3.56. The van der Waals surface area contributed by atoms with Gasteiger partial charge in [0, 0.05) is 6.42 Å². The van der Waals surface area contributed by atoms with E-state index in [1.807, 2.05) is 6.07 Å². The Morgan fingerprint density at radius 2 is 1.76 bits per heavy atom. The highest BCUT2D eigenvalue weighted by Gasteiger charge is 2.42. The number of ether oxygens (including phenoxy) is 1. The molecule has 2 unspecified atom stereocenters. The molecule has 1 aromatic rings. The number of rotatable bonds is 3. The second-order valence-corrected chi connectivity index (χ2v) is 12.0. The smallest absolute Gasteiger partial charge is 0.212 e. The van der Waals surface area contributed by atoms with Crippen molar-refractivity contribution < 1.29 is 9.16 Å². The average Bonchev–Trinajstić information content (AvgIpc) is 2.81. The number of nitrogens with zero attached hydrogens (tertiary/aromatic N) is 1. The van der Waals surface area contributed by atoms with Crippen molar-refractivity contribution in [2.24, 2.45) is 4.99 Å². The van der Waals surface area contributed by atoms with Gasteiger partial charge in [-0.15, -0.1) is 0 Å². The van der Waals surface area contributed by atoms with Crippen molar-refractivity contribution >= 4 is 14.2 Å². The minimum Gasteiger partial charge on any atom is -0.482 e. The molecule has 0 aromatic heterocycles. The van der Waals surface area contributed by atoms with Gasteiger partial charge in [-0.2, -0.15) is 0 Å². The molecule has 3 nitrogen and oxygen atoms in total. The molecular weight excluding hydrogens is 278 g/mol. The lowest BCUT2D eigenvalue weighted by Gasteiger charge is -2.38. The van der Waals surface area contributed by atoms with Crippen LogP contribution in [0.4, 0.5) is 0 Å². The van der Waals surface area contributed by atoms with Crippen LogP contribution in [-0.4, -0.2) is 27.4 Å². The van der Waals surface area contributed by atoms with E-state index in [2.05, 4.69) is 58.1 Å². The quantitative estimate of drug-likeness (QED) is 0.766. The van der Waals surface area contributed by atoms with Crippen molar-refractivity contribution in [3.63, 3.8) is 0 Å². The first-order valence-electron chi connectivity index (χ1n) is 7.59. The largest absolute Gasteiger partial charge is 0.482 e. The van der Waals surface area contributed by atoms with Gasteiger partial charge in [0.15, 0.2) is 8.32 Å². The topological polar surface area (TPSA) is 30.8 Å².